The van der Waals surface area contributed by atoms with Crippen LogP contribution in [-0.4, -0.2) is 17.2 Å². The van der Waals surface area contributed by atoms with Crippen molar-refractivity contribution in [2.45, 2.75) is 57.5 Å². The third-order valence-corrected chi connectivity index (χ3v) is 3.17. The fourth-order valence-electron chi connectivity index (χ4n) is 2.25. The maximum Gasteiger partial charge on any atom is 0.327 e. The zero-order valence-electron chi connectivity index (χ0n) is 9.15. The Morgan fingerprint density at radius 1 is 1.40 bits per heavy atom. The standard InChI is InChI=1S/C11H21NO3/c12-15-11(14)8-10(13)7-6-9-4-2-1-3-5-9/h9-10,13H,1-8,12H2. The number of hydrogen-bond acceptors (Lipinski definition) is 4. The van der Waals surface area contributed by atoms with Crippen LogP contribution in [-0.2, 0) is 9.63 Å². The van der Waals surface area contributed by atoms with Gasteiger partial charge in [-0.3, -0.25) is 4.79 Å². The molecule has 0 bridgehead atoms. The van der Waals surface area contributed by atoms with Crippen LogP contribution in [0.3, 0.4) is 0 Å². The molecular formula is C11H21NO3. The Kier molecular flexibility index (Phi) is 5.65. The van der Waals surface area contributed by atoms with Gasteiger partial charge in [0.2, 0.25) is 0 Å². The average Bonchev–Trinajstić information content (AvgIpc) is 2.27. The van der Waals surface area contributed by atoms with Crippen molar-refractivity contribution >= 4 is 5.97 Å². The molecule has 1 saturated carbocycles. The summed E-state index contributed by atoms with van der Waals surface area (Å²) < 4.78 is 0. The van der Waals surface area contributed by atoms with Gasteiger partial charge in [0.1, 0.15) is 0 Å². The molecule has 0 aromatic rings. The number of rotatable bonds is 5. The highest BCUT2D eigenvalue weighted by Gasteiger charge is 2.17. The molecule has 15 heavy (non-hydrogen) atoms. The van der Waals surface area contributed by atoms with E-state index in [4.69, 9.17) is 5.90 Å². The van der Waals surface area contributed by atoms with Gasteiger partial charge in [0.15, 0.2) is 0 Å². The molecule has 1 aliphatic carbocycles. The van der Waals surface area contributed by atoms with Crippen LogP contribution in [0.5, 0.6) is 0 Å². The van der Waals surface area contributed by atoms with Crippen LogP contribution < -0.4 is 5.90 Å². The summed E-state index contributed by atoms with van der Waals surface area (Å²) in [4.78, 5) is 14.8. The van der Waals surface area contributed by atoms with E-state index in [1.807, 2.05) is 0 Å². The largest absolute Gasteiger partial charge is 0.393 e. The third-order valence-electron chi connectivity index (χ3n) is 3.17. The van der Waals surface area contributed by atoms with E-state index in [9.17, 15) is 9.90 Å². The molecule has 0 heterocycles. The molecule has 0 aromatic carbocycles. The lowest BCUT2D eigenvalue weighted by molar-refractivity contribution is -0.146. The molecule has 1 aliphatic rings. The van der Waals surface area contributed by atoms with Crippen molar-refractivity contribution in [3.8, 4) is 0 Å². The molecule has 0 radical (unpaired) electrons. The fourth-order valence-corrected chi connectivity index (χ4v) is 2.25. The average molecular weight is 215 g/mol. The van der Waals surface area contributed by atoms with Crippen LogP contribution in [0.1, 0.15) is 51.4 Å². The van der Waals surface area contributed by atoms with Gasteiger partial charge in [0, 0.05) is 0 Å². The summed E-state index contributed by atoms with van der Waals surface area (Å²) in [6.07, 6.45) is 7.63. The summed E-state index contributed by atoms with van der Waals surface area (Å²) in [5.41, 5.74) is 0. The maximum absolute atomic E-state index is 10.8. The Bertz CT molecular complexity index is 190. The van der Waals surface area contributed by atoms with Gasteiger partial charge in [-0.25, -0.2) is 0 Å². The Labute approximate surface area is 90.7 Å². The molecule has 1 atom stereocenters. The predicted molar refractivity (Wildman–Crippen MR) is 56.7 cm³/mol. The SMILES string of the molecule is NOC(=O)CC(O)CCC1CCCCC1. The van der Waals surface area contributed by atoms with E-state index >= 15 is 0 Å². The quantitative estimate of drug-likeness (QED) is 0.682. The summed E-state index contributed by atoms with van der Waals surface area (Å²) in [5.74, 6) is 4.90. The van der Waals surface area contributed by atoms with Gasteiger partial charge in [0.05, 0.1) is 12.5 Å². The van der Waals surface area contributed by atoms with Gasteiger partial charge in [-0.05, 0) is 18.8 Å². The van der Waals surface area contributed by atoms with Gasteiger partial charge < -0.3 is 9.94 Å². The van der Waals surface area contributed by atoms with Gasteiger partial charge >= 0.3 is 5.97 Å². The zero-order chi connectivity index (χ0) is 11.1. The summed E-state index contributed by atoms with van der Waals surface area (Å²) in [6.45, 7) is 0. The lowest BCUT2D eigenvalue weighted by Crippen LogP contribution is -2.19. The van der Waals surface area contributed by atoms with Crippen molar-refractivity contribution in [2.75, 3.05) is 0 Å². The third kappa shape index (κ3) is 5.14. The monoisotopic (exact) mass is 215 g/mol. The molecule has 0 saturated heterocycles. The molecule has 0 amide bonds. The second-order valence-electron chi connectivity index (χ2n) is 4.43. The minimum atomic E-state index is -0.594. The van der Waals surface area contributed by atoms with E-state index in [1.54, 1.807) is 0 Å². The fraction of sp³-hybridized carbons (Fsp3) is 0.909. The molecule has 88 valence electrons. The van der Waals surface area contributed by atoms with E-state index in [1.165, 1.54) is 32.1 Å². The highest BCUT2D eigenvalue weighted by molar-refractivity contribution is 5.69. The van der Waals surface area contributed by atoms with Crippen LogP contribution in [0, 0.1) is 5.92 Å². The molecule has 3 N–H and O–H groups in total. The molecule has 0 spiro atoms. The van der Waals surface area contributed by atoms with Crippen molar-refractivity contribution in [2.24, 2.45) is 11.8 Å². The Balaban J connectivity index is 2.09. The van der Waals surface area contributed by atoms with E-state index in [0.717, 1.165) is 12.3 Å². The first-order chi connectivity index (χ1) is 7.22. The van der Waals surface area contributed by atoms with E-state index in [-0.39, 0.29) is 6.42 Å². The smallest absolute Gasteiger partial charge is 0.327 e. The second kappa shape index (κ2) is 6.80. The molecule has 4 nitrogen and oxygen atoms in total. The molecule has 4 heteroatoms. The lowest BCUT2D eigenvalue weighted by Gasteiger charge is -2.22. The lowest BCUT2D eigenvalue weighted by atomic mass is 9.85. The first kappa shape index (κ1) is 12.5. The van der Waals surface area contributed by atoms with E-state index in [2.05, 4.69) is 4.84 Å². The van der Waals surface area contributed by atoms with Crippen LogP contribution in [0.25, 0.3) is 0 Å². The summed E-state index contributed by atoms with van der Waals surface area (Å²) in [7, 11) is 0. The number of carbonyl (C=O) groups excluding carboxylic acids is 1. The van der Waals surface area contributed by atoms with Gasteiger partial charge in [-0.15, -0.1) is 0 Å². The highest BCUT2D eigenvalue weighted by atomic mass is 16.7. The molecule has 1 rings (SSSR count). The molecule has 1 unspecified atom stereocenters. The molecule has 0 aromatic heterocycles. The minimum Gasteiger partial charge on any atom is -0.393 e. The predicted octanol–water partition coefficient (Wildman–Crippen LogP) is 1.51. The zero-order valence-corrected chi connectivity index (χ0v) is 9.15. The van der Waals surface area contributed by atoms with Crippen LogP contribution in [0.2, 0.25) is 0 Å². The summed E-state index contributed by atoms with van der Waals surface area (Å²) in [5, 5.41) is 9.52. The number of aliphatic hydroxyl groups is 1. The highest BCUT2D eigenvalue weighted by Crippen LogP contribution is 2.27. The first-order valence-electron chi connectivity index (χ1n) is 5.80. The van der Waals surface area contributed by atoms with Crippen LogP contribution >= 0.6 is 0 Å². The van der Waals surface area contributed by atoms with Crippen molar-refractivity contribution < 1.29 is 14.7 Å². The van der Waals surface area contributed by atoms with Crippen molar-refractivity contribution in [1.82, 2.24) is 0 Å². The minimum absolute atomic E-state index is 0.0171. The van der Waals surface area contributed by atoms with Gasteiger partial charge in [-0.2, -0.15) is 5.90 Å². The van der Waals surface area contributed by atoms with Gasteiger partial charge in [0.25, 0.3) is 0 Å². The topological polar surface area (TPSA) is 72.5 Å². The summed E-state index contributed by atoms with van der Waals surface area (Å²) in [6, 6.07) is 0. The molecular weight excluding hydrogens is 194 g/mol. The van der Waals surface area contributed by atoms with E-state index in [0.29, 0.717) is 6.42 Å². The van der Waals surface area contributed by atoms with Crippen molar-refractivity contribution in [3.05, 3.63) is 0 Å². The van der Waals surface area contributed by atoms with Crippen LogP contribution in [0.4, 0.5) is 0 Å². The molecule has 0 aliphatic heterocycles. The Hall–Kier alpha value is -0.610. The maximum atomic E-state index is 10.8. The van der Waals surface area contributed by atoms with Crippen molar-refractivity contribution in [3.63, 3.8) is 0 Å². The Morgan fingerprint density at radius 2 is 2.07 bits per heavy atom. The van der Waals surface area contributed by atoms with Crippen molar-refractivity contribution in [1.29, 1.82) is 0 Å². The summed E-state index contributed by atoms with van der Waals surface area (Å²) >= 11 is 0. The molecule has 1 fully saturated rings. The second-order valence-corrected chi connectivity index (χ2v) is 4.43. The number of carbonyl (C=O) groups is 1. The first-order valence-corrected chi connectivity index (χ1v) is 5.80. The number of nitrogens with two attached hydrogens (primary N) is 1. The normalized spacial score (nSPS) is 19.9. The number of hydrogen-bond donors (Lipinski definition) is 2. The van der Waals surface area contributed by atoms with Gasteiger partial charge in [-0.1, -0.05) is 32.1 Å². The Morgan fingerprint density at radius 3 is 2.67 bits per heavy atom. The number of aliphatic hydroxyl groups excluding tert-OH is 1. The van der Waals surface area contributed by atoms with Crippen LogP contribution in [0.15, 0.2) is 0 Å². The van der Waals surface area contributed by atoms with E-state index < -0.39 is 12.1 Å².